The molecule has 142 valence electrons. The second kappa shape index (κ2) is 8.87. The van der Waals surface area contributed by atoms with Crippen LogP contribution in [0.25, 0.3) is 0 Å². The number of hydrogen-bond acceptors (Lipinski definition) is 3. The van der Waals surface area contributed by atoms with E-state index in [9.17, 15) is 9.59 Å². The number of likely N-dealkylation sites (tertiary alicyclic amines) is 1. The second-order valence-electron chi connectivity index (χ2n) is 7.53. The highest BCUT2D eigenvalue weighted by molar-refractivity contribution is 6.31. The Bertz CT molecular complexity index is 652. The van der Waals surface area contributed by atoms with Gasteiger partial charge in [0, 0.05) is 24.5 Å². The summed E-state index contributed by atoms with van der Waals surface area (Å²) in [4.78, 5) is 27.2. The highest BCUT2D eigenvalue weighted by Gasteiger charge is 2.25. The van der Waals surface area contributed by atoms with Crippen LogP contribution in [0.5, 0.6) is 0 Å². The molecule has 2 amide bonds. The van der Waals surface area contributed by atoms with Gasteiger partial charge in [-0.15, -0.1) is 0 Å². The molecule has 0 bridgehead atoms. The van der Waals surface area contributed by atoms with Gasteiger partial charge in [0.05, 0.1) is 11.3 Å². The molecule has 2 aliphatic rings. The minimum absolute atomic E-state index is 0.0409. The molecule has 6 heteroatoms. The fraction of sp³-hybridized carbons (Fsp3) is 0.600. The van der Waals surface area contributed by atoms with Crippen molar-refractivity contribution in [2.45, 2.75) is 39.0 Å². The Hall–Kier alpha value is -1.59. The molecule has 1 aromatic rings. The predicted molar refractivity (Wildman–Crippen MR) is 105 cm³/mol. The molecule has 2 atom stereocenters. The zero-order valence-corrected chi connectivity index (χ0v) is 16.1. The van der Waals surface area contributed by atoms with Crippen LogP contribution in [0.4, 0.5) is 5.69 Å². The Morgan fingerprint density at radius 3 is 2.77 bits per heavy atom. The highest BCUT2D eigenvalue weighted by atomic mass is 35.5. The van der Waals surface area contributed by atoms with Crippen LogP contribution >= 0.6 is 11.6 Å². The van der Waals surface area contributed by atoms with E-state index >= 15 is 0 Å². The fourth-order valence-corrected chi connectivity index (χ4v) is 4.09. The molecule has 0 aliphatic carbocycles. The Morgan fingerprint density at radius 2 is 2.08 bits per heavy atom. The molecule has 0 saturated carbocycles. The van der Waals surface area contributed by atoms with E-state index in [1.54, 1.807) is 18.2 Å². The third-order valence-corrected chi connectivity index (χ3v) is 5.76. The summed E-state index contributed by atoms with van der Waals surface area (Å²) in [7, 11) is 0. The first-order chi connectivity index (χ1) is 12.5. The molecule has 2 N–H and O–H groups in total. The first kappa shape index (κ1) is 19.2. The van der Waals surface area contributed by atoms with Crippen LogP contribution in [-0.2, 0) is 4.79 Å². The lowest BCUT2D eigenvalue weighted by Gasteiger charge is -2.28. The molecule has 2 fully saturated rings. The third kappa shape index (κ3) is 4.77. The molecule has 5 nitrogen and oxygen atoms in total. The standard InChI is InChI=1S/C20H28ClN3O2/c1-14(15-5-4-8-22-13-15)11-19(25)23-18-7-6-16(21)12-17(18)20(26)24-9-2-3-10-24/h6-7,12,14-15,22H,2-5,8-11,13H2,1H3,(H,23,25). The molecule has 2 saturated heterocycles. The molecule has 1 aromatic carbocycles. The quantitative estimate of drug-likeness (QED) is 0.825. The van der Waals surface area contributed by atoms with Gasteiger partial charge in [-0.3, -0.25) is 9.59 Å². The summed E-state index contributed by atoms with van der Waals surface area (Å²) in [6.07, 6.45) is 4.86. The maximum Gasteiger partial charge on any atom is 0.256 e. The van der Waals surface area contributed by atoms with Crippen molar-refractivity contribution in [1.29, 1.82) is 0 Å². The van der Waals surface area contributed by atoms with Crippen molar-refractivity contribution in [3.63, 3.8) is 0 Å². The van der Waals surface area contributed by atoms with Gasteiger partial charge < -0.3 is 15.5 Å². The van der Waals surface area contributed by atoms with E-state index in [0.717, 1.165) is 39.0 Å². The molecular weight excluding hydrogens is 350 g/mol. The Morgan fingerprint density at radius 1 is 1.31 bits per heavy atom. The van der Waals surface area contributed by atoms with Crippen LogP contribution in [-0.4, -0.2) is 42.9 Å². The summed E-state index contributed by atoms with van der Waals surface area (Å²) >= 11 is 6.10. The van der Waals surface area contributed by atoms with Crippen molar-refractivity contribution in [2.75, 3.05) is 31.5 Å². The third-order valence-electron chi connectivity index (χ3n) is 5.53. The topological polar surface area (TPSA) is 61.4 Å². The first-order valence-electron chi connectivity index (χ1n) is 9.64. The van der Waals surface area contributed by atoms with Crippen LogP contribution in [0.2, 0.25) is 5.02 Å². The largest absolute Gasteiger partial charge is 0.339 e. The van der Waals surface area contributed by atoms with Crippen LogP contribution in [0.15, 0.2) is 18.2 Å². The zero-order chi connectivity index (χ0) is 18.5. The van der Waals surface area contributed by atoms with Gasteiger partial charge in [-0.2, -0.15) is 0 Å². The lowest BCUT2D eigenvalue weighted by atomic mass is 9.85. The van der Waals surface area contributed by atoms with Gasteiger partial charge in [0.25, 0.3) is 5.91 Å². The molecule has 0 aromatic heterocycles. The normalized spacial score (nSPS) is 21.5. The van der Waals surface area contributed by atoms with Crippen molar-refractivity contribution in [3.05, 3.63) is 28.8 Å². The number of nitrogens with one attached hydrogen (secondary N) is 2. The summed E-state index contributed by atoms with van der Waals surface area (Å²) < 4.78 is 0. The van der Waals surface area contributed by atoms with Gasteiger partial charge >= 0.3 is 0 Å². The van der Waals surface area contributed by atoms with Gasteiger partial charge in [-0.05, 0) is 68.8 Å². The number of rotatable bonds is 5. The Balaban J connectivity index is 1.66. The van der Waals surface area contributed by atoms with E-state index in [-0.39, 0.29) is 11.8 Å². The average Bonchev–Trinajstić information content (AvgIpc) is 3.18. The maximum atomic E-state index is 12.8. The molecule has 0 spiro atoms. The van der Waals surface area contributed by atoms with Crippen LogP contribution < -0.4 is 10.6 Å². The molecule has 2 heterocycles. The monoisotopic (exact) mass is 377 g/mol. The number of hydrogen-bond donors (Lipinski definition) is 2. The van der Waals surface area contributed by atoms with Crippen molar-refractivity contribution in [2.24, 2.45) is 11.8 Å². The molecule has 2 aliphatic heterocycles. The van der Waals surface area contributed by atoms with E-state index < -0.39 is 0 Å². The van der Waals surface area contributed by atoms with Crippen molar-refractivity contribution < 1.29 is 9.59 Å². The van der Waals surface area contributed by atoms with Crippen molar-refractivity contribution in [1.82, 2.24) is 10.2 Å². The second-order valence-corrected chi connectivity index (χ2v) is 7.96. The van der Waals surface area contributed by atoms with Crippen molar-refractivity contribution >= 4 is 29.1 Å². The smallest absolute Gasteiger partial charge is 0.256 e. The maximum absolute atomic E-state index is 12.8. The van der Waals surface area contributed by atoms with Gasteiger partial charge in [-0.1, -0.05) is 18.5 Å². The Labute approximate surface area is 160 Å². The summed E-state index contributed by atoms with van der Waals surface area (Å²) in [6.45, 7) is 5.72. The minimum Gasteiger partial charge on any atom is -0.339 e. The van der Waals surface area contributed by atoms with Crippen LogP contribution in [0, 0.1) is 11.8 Å². The van der Waals surface area contributed by atoms with Crippen LogP contribution in [0.3, 0.4) is 0 Å². The number of benzene rings is 1. The van der Waals surface area contributed by atoms with Gasteiger partial charge in [-0.25, -0.2) is 0 Å². The molecule has 0 radical (unpaired) electrons. The van der Waals surface area contributed by atoms with Crippen LogP contribution in [0.1, 0.15) is 49.4 Å². The Kier molecular flexibility index (Phi) is 6.54. The molecule has 2 unspecified atom stereocenters. The number of halogens is 1. The molecule has 26 heavy (non-hydrogen) atoms. The highest BCUT2D eigenvalue weighted by Crippen LogP contribution is 2.26. The average molecular weight is 378 g/mol. The number of carbonyl (C=O) groups excluding carboxylic acids is 2. The summed E-state index contributed by atoms with van der Waals surface area (Å²) in [6, 6.07) is 5.11. The van der Waals surface area contributed by atoms with Gasteiger partial charge in [0.15, 0.2) is 0 Å². The van der Waals surface area contributed by atoms with E-state index in [2.05, 4.69) is 17.6 Å². The minimum atomic E-state index is -0.0511. The van der Waals surface area contributed by atoms with Gasteiger partial charge in [0.1, 0.15) is 0 Å². The van der Waals surface area contributed by atoms with E-state index in [1.807, 2.05) is 4.90 Å². The molecular formula is C20H28ClN3O2. The number of anilines is 1. The predicted octanol–water partition coefficient (Wildman–Crippen LogP) is 3.54. The SMILES string of the molecule is CC(CC(=O)Nc1ccc(Cl)cc1C(=O)N1CCCC1)C1CCCNC1. The number of piperidine rings is 1. The van der Waals surface area contributed by atoms with E-state index in [1.165, 1.54) is 12.8 Å². The number of carbonyl (C=O) groups is 2. The van der Waals surface area contributed by atoms with Crippen molar-refractivity contribution in [3.8, 4) is 0 Å². The summed E-state index contributed by atoms with van der Waals surface area (Å²) in [5, 5.41) is 6.86. The summed E-state index contributed by atoms with van der Waals surface area (Å²) in [5.74, 6) is 0.754. The lowest BCUT2D eigenvalue weighted by Crippen LogP contribution is -2.34. The molecule has 3 rings (SSSR count). The number of nitrogens with zero attached hydrogens (tertiary/aromatic N) is 1. The first-order valence-corrected chi connectivity index (χ1v) is 10.0. The fourth-order valence-electron chi connectivity index (χ4n) is 3.92. The van der Waals surface area contributed by atoms with Gasteiger partial charge in [0.2, 0.25) is 5.91 Å². The van der Waals surface area contributed by atoms with E-state index in [4.69, 9.17) is 11.6 Å². The number of amides is 2. The lowest BCUT2D eigenvalue weighted by molar-refractivity contribution is -0.117. The van der Waals surface area contributed by atoms with E-state index in [0.29, 0.717) is 34.5 Å². The zero-order valence-electron chi connectivity index (χ0n) is 15.4. The summed E-state index contributed by atoms with van der Waals surface area (Å²) in [5.41, 5.74) is 1.05.